The Hall–Kier alpha value is -1.62. The van der Waals surface area contributed by atoms with E-state index in [1.165, 1.54) is 37.9 Å². The molecule has 2 amide bonds. The largest absolute Gasteiger partial charge is 0.334 e. The number of piperidine rings is 1. The highest BCUT2D eigenvalue weighted by atomic mass is 19.1. The maximum absolute atomic E-state index is 12.8. The second-order valence-electron chi connectivity index (χ2n) is 5.92. The summed E-state index contributed by atoms with van der Waals surface area (Å²) in [6.45, 7) is 4.23. The molecule has 5 heteroatoms. The Balaban J connectivity index is 1.50. The third-order valence-electron chi connectivity index (χ3n) is 4.48. The van der Waals surface area contributed by atoms with Crippen LogP contribution >= 0.6 is 0 Å². The van der Waals surface area contributed by atoms with E-state index < -0.39 is 0 Å². The topological polar surface area (TPSA) is 35.6 Å². The summed E-state index contributed by atoms with van der Waals surface area (Å²) in [6, 6.07) is 6.77. The average Bonchev–Trinajstić information content (AvgIpc) is 2.53. The van der Waals surface area contributed by atoms with Crippen molar-refractivity contribution in [2.24, 2.45) is 0 Å². The maximum Gasteiger partial charge on any atom is 0.317 e. The lowest BCUT2D eigenvalue weighted by Gasteiger charge is -2.43. The van der Waals surface area contributed by atoms with Crippen LogP contribution in [-0.4, -0.2) is 48.1 Å². The fraction of sp³-hybridized carbons (Fsp3) is 0.562. The maximum atomic E-state index is 12.8. The number of rotatable bonds is 2. The van der Waals surface area contributed by atoms with Crippen LogP contribution in [-0.2, 0) is 6.54 Å². The molecular weight excluding hydrogens is 269 g/mol. The quantitative estimate of drug-likeness (QED) is 0.907. The molecule has 1 aromatic rings. The van der Waals surface area contributed by atoms with Crippen LogP contribution in [0.3, 0.4) is 0 Å². The molecule has 1 aromatic carbocycles. The first-order valence-electron chi connectivity index (χ1n) is 7.73. The lowest BCUT2D eigenvalue weighted by atomic mass is 10.00. The first-order valence-corrected chi connectivity index (χ1v) is 7.73. The number of carbonyl (C=O) groups is 1. The van der Waals surface area contributed by atoms with Gasteiger partial charge in [0.1, 0.15) is 5.82 Å². The molecule has 2 aliphatic rings. The molecular formula is C16H22FN3O. The third kappa shape index (κ3) is 3.53. The predicted octanol–water partition coefficient (Wildman–Crippen LogP) is 2.21. The SMILES string of the molecule is O=C(NCc1ccc(F)cc1)N1CCN2CCCCC2C1. The van der Waals surface area contributed by atoms with Gasteiger partial charge in [-0.1, -0.05) is 18.6 Å². The number of amides is 2. The Kier molecular flexibility index (Phi) is 4.39. The number of urea groups is 1. The summed E-state index contributed by atoms with van der Waals surface area (Å²) in [5.74, 6) is -0.251. The zero-order valence-electron chi connectivity index (χ0n) is 12.2. The number of hydrogen-bond donors (Lipinski definition) is 1. The van der Waals surface area contributed by atoms with Crippen molar-refractivity contribution >= 4 is 6.03 Å². The van der Waals surface area contributed by atoms with Crippen molar-refractivity contribution in [3.63, 3.8) is 0 Å². The van der Waals surface area contributed by atoms with Crippen molar-refractivity contribution in [3.05, 3.63) is 35.6 Å². The van der Waals surface area contributed by atoms with Crippen LogP contribution in [0.15, 0.2) is 24.3 Å². The van der Waals surface area contributed by atoms with Gasteiger partial charge in [-0.05, 0) is 37.1 Å². The van der Waals surface area contributed by atoms with Gasteiger partial charge in [0.05, 0.1) is 0 Å². The fourth-order valence-corrected chi connectivity index (χ4v) is 3.23. The van der Waals surface area contributed by atoms with Crippen LogP contribution < -0.4 is 5.32 Å². The molecule has 0 aromatic heterocycles. The van der Waals surface area contributed by atoms with E-state index in [1.807, 2.05) is 4.90 Å². The van der Waals surface area contributed by atoms with Gasteiger partial charge in [-0.3, -0.25) is 4.90 Å². The van der Waals surface area contributed by atoms with Gasteiger partial charge in [0.2, 0.25) is 0 Å². The summed E-state index contributed by atoms with van der Waals surface area (Å²) in [5.41, 5.74) is 0.918. The van der Waals surface area contributed by atoms with Gasteiger partial charge in [0.25, 0.3) is 0 Å². The monoisotopic (exact) mass is 291 g/mol. The molecule has 2 heterocycles. The van der Waals surface area contributed by atoms with Crippen molar-refractivity contribution in [1.29, 1.82) is 0 Å². The number of benzene rings is 1. The molecule has 4 nitrogen and oxygen atoms in total. The normalized spacial score (nSPS) is 22.7. The lowest BCUT2D eigenvalue weighted by Crippen LogP contribution is -2.57. The minimum absolute atomic E-state index is 0.00968. The van der Waals surface area contributed by atoms with E-state index in [0.717, 1.165) is 25.2 Å². The summed E-state index contributed by atoms with van der Waals surface area (Å²) < 4.78 is 12.8. The Morgan fingerprint density at radius 1 is 1.19 bits per heavy atom. The second kappa shape index (κ2) is 6.43. The molecule has 0 aliphatic carbocycles. The Labute approximate surface area is 124 Å². The minimum atomic E-state index is -0.251. The van der Waals surface area contributed by atoms with Crippen LogP contribution in [0.25, 0.3) is 0 Å². The molecule has 0 spiro atoms. The molecule has 0 bridgehead atoms. The van der Waals surface area contributed by atoms with E-state index >= 15 is 0 Å². The van der Waals surface area contributed by atoms with Crippen LogP contribution in [0.5, 0.6) is 0 Å². The minimum Gasteiger partial charge on any atom is -0.334 e. The first kappa shape index (κ1) is 14.3. The van der Waals surface area contributed by atoms with Gasteiger partial charge >= 0.3 is 6.03 Å². The van der Waals surface area contributed by atoms with Crippen molar-refractivity contribution in [2.45, 2.75) is 31.8 Å². The summed E-state index contributed by atoms with van der Waals surface area (Å²) in [6.07, 6.45) is 3.75. The molecule has 1 atom stereocenters. The number of piperazine rings is 1. The molecule has 2 fully saturated rings. The number of fused-ring (bicyclic) bond motifs is 1. The molecule has 21 heavy (non-hydrogen) atoms. The zero-order valence-corrected chi connectivity index (χ0v) is 12.2. The van der Waals surface area contributed by atoms with Gasteiger partial charge in [0.15, 0.2) is 0 Å². The number of hydrogen-bond acceptors (Lipinski definition) is 2. The summed E-state index contributed by atoms with van der Waals surface area (Å²) >= 11 is 0. The second-order valence-corrected chi connectivity index (χ2v) is 5.92. The zero-order chi connectivity index (χ0) is 14.7. The summed E-state index contributed by atoms with van der Waals surface area (Å²) in [5, 5.41) is 2.93. The highest BCUT2D eigenvalue weighted by Crippen LogP contribution is 2.21. The Morgan fingerprint density at radius 2 is 2.00 bits per heavy atom. The van der Waals surface area contributed by atoms with Crippen LogP contribution in [0.2, 0.25) is 0 Å². The third-order valence-corrected chi connectivity index (χ3v) is 4.48. The highest BCUT2D eigenvalue weighted by Gasteiger charge is 2.30. The van der Waals surface area contributed by atoms with Gasteiger partial charge in [-0.15, -0.1) is 0 Å². The molecule has 0 saturated carbocycles. The van der Waals surface area contributed by atoms with E-state index in [1.54, 1.807) is 12.1 Å². The lowest BCUT2D eigenvalue weighted by molar-refractivity contribution is 0.0643. The molecule has 2 saturated heterocycles. The molecule has 3 rings (SSSR count). The molecule has 114 valence electrons. The standard InChI is InChI=1S/C16H22FN3O/c17-14-6-4-13(5-7-14)11-18-16(21)20-10-9-19-8-2-1-3-15(19)12-20/h4-7,15H,1-3,8-12H2,(H,18,21). The van der Waals surface area contributed by atoms with Gasteiger partial charge in [-0.2, -0.15) is 0 Å². The first-order chi connectivity index (χ1) is 10.2. The van der Waals surface area contributed by atoms with E-state index in [0.29, 0.717) is 12.6 Å². The van der Waals surface area contributed by atoms with Gasteiger partial charge < -0.3 is 10.2 Å². The van der Waals surface area contributed by atoms with Crippen molar-refractivity contribution in [1.82, 2.24) is 15.1 Å². The van der Waals surface area contributed by atoms with Gasteiger partial charge in [-0.25, -0.2) is 9.18 Å². The molecule has 1 unspecified atom stereocenters. The Bertz CT molecular complexity index is 491. The van der Waals surface area contributed by atoms with E-state index in [2.05, 4.69) is 10.2 Å². The number of halogens is 1. The van der Waals surface area contributed by atoms with Crippen molar-refractivity contribution in [3.8, 4) is 0 Å². The summed E-state index contributed by atoms with van der Waals surface area (Å²) in [7, 11) is 0. The van der Waals surface area contributed by atoms with Crippen LogP contribution in [0.4, 0.5) is 9.18 Å². The van der Waals surface area contributed by atoms with Crippen molar-refractivity contribution in [2.75, 3.05) is 26.2 Å². The molecule has 0 radical (unpaired) electrons. The van der Waals surface area contributed by atoms with E-state index in [4.69, 9.17) is 0 Å². The summed E-state index contributed by atoms with van der Waals surface area (Å²) in [4.78, 5) is 16.7. The Morgan fingerprint density at radius 3 is 2.81 bits per heavy atom. The highest BCUT2D eigenvalue weighted by molar-refractivity contribution is 5.74. The number of carbonyl (C=O) groups excluding carboxylic acids is 1. The predicted molar refractivity (Wildman–Crippen MR) is 79.4 cm³/mol. The van der Waals surface area contributed by atoms with Crippen molar-refractivity contribution < 1.29 is 9.18 Å². The fourth-order valence-electron chi connectivity index (χ4n) is 3.23. The number of nitrogens with one attached hydrogen (secondary N) is 1. The van der Waals surface area contributed by atoms with Crippen LogP contribution in [0, 0.1) is 5.82 Å². The van der Waals surface area contributed by atoms with E-state index in [9.17, 15) is 9.18 Å². The van der Waals surface area contributed by atoms with Crippen LogP contribution in [0.1, 0.15) is 24.8 Å². The van der Waals surface area contributed by atoms with E-state index in [-0.39, 0.29) is 11.8 Å². The average molecular weight is 291 g/mol. The molecule has 2 aliphatic heterocycles. The van der Waals surface area contributed by atoms with Gasteiger partial charge in [0, 0.05) is 32.2 Å². The number of nitrogens with zero attached hydrogens (tertiary/aromatic N) is 2. The smallest absolute Gasteiger partial charge is 0.317 e. The molecule has 1 N–H and O–H groups in total.